The fourth-order valence-electron chi connectivity index (χ4n) is 1.99. The van der Waals surface area contributed by atoms with Crippen LogP contribution in [-0.4, -0.2) is 41.9 Å². The highest BCUT2D eigenvalue weighted by atomic mass is 79.9. The third-order valence-electron chi connectivity index (χ3n) is 3.12. The van der Waals surface area contributed by atoms with Crippen molar-refractivity contribution in [2.45, 2.75) is 25.0 Å². The molecule has 106 valence electrons. The molecule has 2 rings (SSSR count). The Labute approximate surface area is 127 Å². The zero-order chi connectivity index (χ0) is 13.5. The van der Waals surface area contributed by atoms with Gasteiger partial charge in [0.05, 0.1) is 0 Å². The van der Waals surface area contributed by atoms with E-state index in [4.69, 9.17) is 4.74 Å². The predicted molar refractivity (Wildman–Crippen MR) is 84.0 cm³/mol. The van der Waals surface area contributed by atoms with Crippen LogP contribution in [0.1, 0.15) is 12.8 Å². The van der Waals surface area contributed by atoms with Gasteiger partial charge in [-0.2, -0.15) is 11.8 Å². The van der Waals surface area contributed by atoms with Crippen LogP contribution in [0.3, 0.4) is 0 Å². The van der Waals surface area contributed by atoms with Gasteiger partial charge in [0.15, 0.2) is 0 Å². The fourth-order valence-corrected chi connectivity index (χ4v) is 3.36. The second-order valence-electron chi connectivity index (χ2n) is 4.71. The second kappa shape index (κ2) is 8.15. The molecule has 19 heavy (non-hydrogen) atoms. The van der Waals surface area contributed by atoms with Crippen LogP contribution in [0.2, 0.25) is 0 Å². The number of thioether (sulfide) groups is 1. The highest BCUT2D eigenvalue weighted by molar-refractivity contribution is 9.10. The van der Waals surface area contributed by atoms with Gasteiger partial charge in [0.25, 0.3) is 0 Å². The lowest BCUT2D eigenvalue weighted by molar-refractivity contribution is 0.103. The zero-order valence-corrected chi connectivity index (χ0v) is 13.3. The molecule has 1 aliphatic rings. The summed E-state index contributed by atoms with van der Waals surface area (Å²) in [6.45, 7) is 0.933. The van der Waals surface area contributed by atoms with Crippen LogP contribution in [0.4, 0.5) is 0 Å². The molecule has 0 bridgehead atoms. The molecule has 0 amide bonds. The Bertz CT molecular complexity index is 368. The summed E-state index contributed by atoms with van der Waals surface area (Å²) in [6, 6.07) is 8.20. The van der Waals surface area contributed by atoms with E-state index in [0.29, 0.717) is 19.2 Å². The van der Waals surface area contributed by atoms with E-state index < -0.39 is 6.10 Å². The Morgan fingerprint density at radius 3 is 2.68 bits per heavy atom. The van der Waals surface area contributed by atoms with Crippen LogP contribution in [0.25, 0.3) is 0 Å². The summed E-state index contributed by atoms with van der Waals surface area (Å²) in [7, 11) is 0. The largest absolute Gasteiger partial charge is 0.491 e. The molecule has 1 heterocycles. The third-order valence-corrected chi connectivity index (χ3v) is 4.70. The molecule has 1 saturated heterocycles. The number of aliphatic hydroxyl groups is 1. The minimum Gasteiger partial charge on any atom is -0.491 e. The van der Waals surface area contributed by atoms with E-state index in [1.807, 2.05) is 36.0 Å². The summed E-state index contributed by atoms with van der Waals surface area (Å²) < 4.78 is 6.57. The molecule has 3 nitrogen and oxygen atoms in total. The van der Waals surface area contributed by atoms with Gasteiger partial charge in [-0.3, -0.25) is 0 Å². The molecule has 1 aromatic carbocycles. The van der Waals surface area contributed by atoms with Gasteiger partial charge in [-0.1, -0.05) is 15.9 Å². The third kappa shape index (κ3) is 5.73. The smallest absolute Gasteiger partial charge is 0.119 e. The SMILES string of the molecule is OC(CNC1CCSCC1)COc1ccc(Br)cc1. The van der Waals surface area contributed by atoms with E-state index in [-0.39, 0.29) is 0 Å². The average molecular weight is 346 g/mol. The lowest BCUT2D eigenvalue weighted by atomic mass is 10.1. The van der Waals surface area contributed by atoms with Gasteiger partial charge in [-0.15, -0.1) is 0 Å². The van der Waals surface area contributed by atoms with Gasteiger partial charge in [0.1, 0.15) is 18.5 Å². The van der Waals surface area contributed by atoms with Gasteiger partial charge in [-0.05, 0) is 48.6 Å². The molecule has 0 radical (unpaired) electrons. The highest BCUT2D eigenvalue weighted by Crippen LogP contribution is 2.17. The maximum Gasteiger partial charge on any atom is 0.119 e. The lowest BCUT2D eigenvalue weighted by Crippen LogP contribution is -2.39. The maximum atomic E-state index is 9.89. The second-order valence-corrected chi connectivity index (χ2v) is 6.85. The van der Waals surface area contributed by atoms with Crippen molar-refractivity contribution < 1.29 is 9.84 Å². The number of hydrogen-bond donors (Lipinski definition) is 2. The molecule has 5 heteroatoms. The van der Waals surface area contributed by atoms with Crippen LogP contribution in [0.15, 0.2) is 28.7 Å². The molecule has 1 aromatic rings. The van der Waals surface area contributed by atoms with E-state index in [2.05, 4.69) is 21.2 Å². The summed E-state index contributed by atoms with van der Waals surface area (Å²) >= 11 is 5.39. The van der Waals surface area contributed by atoms with Crippen LogP contribution in [-0.2, 0) is 0 Å². The first-order valence-corrected chi connectivity index (χ1v) is 8.56. The molecule has 1 aliphatic heterocycles. The highest BCUT2D eigenvalue weighted by Gasteiger charge is 2.14. The molecule has 0 aliphatic carbocycles. The lowest BCUT2D eigenvalue weighted by Gasteiger charge is -2.24. The van der Waals surface area contributed by atoms with E-state index >= 15 is 0 Å². The van der Waals surface area contributed by atoms with Crippen LogP contribution in [0.5, 0.6) is 5.75 Å². The number of ether oxygens (including phenoxy) is 1. The van der Waals surface area contributed by atoms with E-state index in [1.54, 1.807) is 0 Å². The Kier molecular flexibility index (Phi) is 6.50. The molecule has 1 unspecified atom stereocenters. The van der Waals surface area contributed by atoms with Gasteiger partial charge in [-0.25, -0.2) is 0 Å². The van der Waals surface area contributed by atoms with Crippen molar-refractivity contribution in [3.05, 3.63) is 28.7 Å². The van der Waals surface area contributed by atoms with Crippen LogP contribution in [0, 0.1) is 0 Å². The van der Waals surface area contributed by atoms with E-state index in [0.717, 1.165) is 10.2 Å². The predicted octanol–water partition coefficient (Wildman–Crippen LogP) is 2.67. The van der Waals surface area contributed by atoms with Crippen molar-refractivity contribution in [2.75, 3.05) is 24.7 Å². The average Bonchev–Trinajstić information content (AvgIpc) is 2.45. The number of nitrogens with one attached hydrogen (secondary N) is 1. The number of aliphatic hydroxyl groups excluding tert-OH is 1. The number of rotatable bonds is 6. The molecule has 2 N–H and O–H groups in total. The summed E-state index contributed by atoms with van der Waals surface area (Å²) in [6.07, 6.45) is 1.94. The number of hydrogen-bond acceptors (Lipinski definition) is 4. The molecule has 0 saturated carbocycles. The van der Waals surface area contributed by atoms with Crippen molar-refractivity contribution >= 4 is 27.7 Å². The van der Waals surface area contributed by atoms with Gasteiger partial charge >= 0.3 is 0 Å². The number of benzene rings is 1. The van der Waals surface area contributed by atoms with Crippen molar-refractivity contribution in [1.82, 2.24) is 5.32 Å². The molecule has 1 atom stereocenters. The summed E-state index contributed by atoms with van der Waals surface area (Å²) in [5, 5.41) is 13.3. The normalized spacial score (nSPS) is 18.2. The fraction of sp³-hybridized carbons (Fsp3) is 0.571. The summed E-state index contributed by atoms with van der Waals surface area (Å²) in [5.41, 5.74) is 0. The molecule has 0 spiro atoms. The Balaban J connectivity index is 1.63. The summed E-state index contributed by atoms with van der Waals surface area (Å²) in [5.74, 6) is 3.24. The van der Waals surface area contributed by atoms with Crippen molar-refractivity contribution in [3.63, 3.8) is 0 Å². The van der Waals surface area contributed by atoms with Crippen molar-refractivity contribution in [2.24, 2.45) is 0 Å². The first kappa shape index (κ1) is 15.2. The minimum atomic E-state index is -0.460. The molecular weight excluding hydrogens is 326 g/mol. The molecular formula is C14H20BrNO2S. The minimum absolute atomic E-state index is 0.329. The molecule has 1 fully saturated rings. The van der Waals surface area contributed by atoms with Crippen molar-refractivity contribution in [1.29, 1.82) is 0 Å². The van der Waals surface area contributed by atoms with Crippen molar-refractivity contribution in [3.8, 4) is 5.75 Å². The molecule has 0 aromatic heterocycles. The first-order valence-electron chi connectivity index (χ1n) is 6.61. The quantitative estimate of drug-likeness (QED) is 0.831. The number of halogens is 1. The van der Waals surface area contributed by atoms with Crippen LogP contribution < -0.4 is 10.1 Å². The van der Waals surface area contributed by atoms with Crippen LogP contribution >= 0.6 is 27.7 Å². The van der Waals surface area contributed by atoms with Gasteiger partial charge in [0.2, 0.25) is 0 Å². The van der Waals surface area contributed by atoms with Gasteiger partial charge in [0, 0.05) is 17.1 Å². The topological polar surface area (TPSA) is 41.5 Å². The standard InChI is InChI=1S/C14H20BrNO2S/c15-11-1-3-14(4-2-11)18-10-13(17)9-16-12-5-7-19-8-6-12/h1-4,12-13,16-17H,5-10H2. The first-order chi connectivity index (χ1) is 9.24. The Hall–Kier alpha value is -0.230. The Morgan fingerprint density at radius 1 is 1.32 bits per heavy atom. The Morgan fingerprint density at radius 2 is 2.00 bits per heavy atom. The summed E-state index contributed by atoms with van der Waals surface area (Å²) in [4.78, 5) is 0. The van der Waals surface area contributed by atoms with Gasteiger partial charge < -0.3 is 15.2 Å². The maximum absolute atomic E-state index is 9.89. The van der Waals surface area contributed by atoms with E-state index in [9.17, 15) is 5.11 Å². The monoisotopic (exact) mass is 345 g/mol. The zero-order valence-electron chi connectivity index (χ0n) is 10.8. The van der Waals surface area contributed by atoms with E-state index in [1.165, 1.54) is 24.3 Å².